The van der Waals surface area contributed by atoms with Crippen molar-refractivity contribution in [2.75, 3.05) is 44.0 Å². The van der Waals surface area contributed by atoms with Crippen molar-refractivity contribution in [1.82, 2.24) is 15.2 Å². The van der Waals surface area contributed by atoms with E-state index in [1.165, 1.54) is 0 Å². The number of H-pyrrole nitrogens is 1. The van der Waals surface area contributed by atoms with E-state index in [2.05, 4.69) is 39.3 Å². The van der Waals surface area contributed by atoms with Crippen LogP contribution >= 0.6 is 0 Å². The van der Waals surface area contributed by atoms with E-state index in [4.69, 9.17) is 10.1 Å². The summed E-state index contributed by atoms with van der Waals surface area (Å²) in [6.45, 7) is 11.1. The number of benzene rings is 1. The van der Waals surface area contributed by atoms with Gasteiger partial charge in [-0.05, 0) is 76.1 Å². The van der Waals surface area contributed by atoms with Gasteiger partial charge < -0.3 is 25.3 Å². The average molecular weight is 552 g/mol. The number of nitrogens with zero attached hydrogens (tertiary/aromatic N) is 2. The normalized spacial score (nSPS) is 19.6. The Balaban J connectivity index is 1.62. The first-order chi connectivity index (χ1) is 19.3. The topological polar surface area (TPSA) is 115 Å². The predicted octanol–water partition coefficient (Wildman–Crippen LogP) is 2.17. The van der Waals surface area contributed by atoms with Crippen molar-refractivity contribution in [2.45, 2.75) is 84.5 Å². The molecule has 0 radical (unpaired) electrons. The number of ether oxygens (including phenoxy) is 1. The third-order valence-corrected chi connectivity index (χ3v) is 8.86. The highest BCUT2D eigenvalue weighted by molar-refractivity contribution is 6.03. The van der Waals surface area contributed by atoms with Crippen LogP contribution in [0.1, 0.15) is 77.8 Å². The van der Waals surface area contributed by atoms with Crippen LogP contribution < -0.4 is 26.5 Å². The van der Waals surface area contributed by atoms with Crippen molar-refractivity contribution in [1.29, 1.82) is 0 Å². The zero-order chi connectivity index (χ0) is 29.0. The predicted molar refractivity (Wildman–Crippen MR) is 162 cm³/mol. The molecule has 0 atom stereocenters. The Morgan fingerprint density at radius 3 is 2.42 bits per heavy atom. The van der Waals surface area contributed by atoms with Crippen molar-refractivity contribution < 1.29 is 14.9 Å². The zero-order valence-electron chi connectivity index (χ0n) is 25.0. The number of nitrogens with two attached hydrogens (primary N) is 1. The van der Waals surface area contributed by atoms with Gasteiger partial charge in [0.25, 0.3) is 11.5 Å². The van der Waals surface area contributed by atoms with E-state index in [1.54, 1.807) is 13.3 Å². The molecule has 5 N–H and O–H groups in total. The summed E-state index contributed by atoms with van der Waals surface area (Å²) >= 11 is 0. The molecule has 40 heavy (non-hydrogen) atoms. The molecular formula is C31H47N6O3+. The van der Waals surface area contributed by atoms with Gasteiger partial charge in [-0.3, -0.25) is 19.9 Å². The Morgan fingerprint density at radius 2 is 1.88 bits per heavy atom. The summed E-state index contributed by atoms with van der Waals surface area (Å²) in [5, 5.41) is 12.5. The van der Waals surface area contributed by atoms with E-state index in [1.807, 2.05) is 33.0 Å². The Bertz CT molecular complexity index is 1270. The van der Waals surface area contributed by atoms with E-state index >= 15 is 0 Å². The molecule has 1 aromatic heterocycles. The minimum Gasteiger partial charge on any atom is -0.387 e. The number of likely N-dealkylation sites (tertiary alicyclic amines) is 1. The Labute approximate surface area is 238 Å². The lowest BCUT2D eigenvalue weighted by molar-refractivity contribution is -0.104. The lowest BCUT2D eigenvalue weighted by Crippen LogP contribution is -2.57. The summed E-state index contributed by atoms with van der Waals surface area (Å²) in [7, 11) is 3.66. The fourth-order valence-corrected chi connectivity index (χ4v) is 6.61. The third-order valence-electron chi connectivity index (χ3n) is 8.86. The van der Waals surface area contributed by atoms with Crippen LogP contribution in [0.2, 0.25) is 0 Å². The van der Waals surface area contributed by atoms with Gasteiger partial charge in [-0.1, -0.05) is 6.92 Å². The Hall–Kier alpha value is -3.17. The lowest BCUT2D eigenvalue weighted by Gasteiger charge is -2.47. The Morgan fingerprint density at radius 1 is 1.18 bits per heavy atom. The summed E-state index contributed by atoms with van der Waals surface area (Å²) in [4.78, 5) is 34.1. The lowest BCUT2D eigenvalue weighted by atomic mass is 9.86. The standard InChI is InChI=1S/C31H46N6O3/c1-7-24-25(30(38)34-16-27-19(3)13-20(4)35-31(27)39)14-28(33-5)26(15-32)29(24)37(8-2)22-11-9-21(10-12-22)36-17-23(18-36)40-6/h13-15,21-23,32-33H,7-12,16-18H2,1-6H3,(H,34,38)(H,35,39)/p+1. The number of aromatic nitrogens is 1. The minimum absolute atomic E-state index is 0.165. The maximum atomic E-state index is 13.7. The first-order valence-electron chi connectivity index (χ1n) is 14.7. The van der Waals surface area contributed by atoms with Crippen LogP contribution in [0.3, 0.4) is 0 Å². The van der Waals surface area contributed by atoms with E-state index in [-0.39, 0.29) is 18.0 Å². The highest BCUT2D eigenvalue weighted by atomic mass is 16.5. The van der Waals surface area contributed by atoms with Crippen LogP contribution in [-0.4, -0.2) is 74.0 Å². The fraction of sp³-hybridized carbons (Fsp3) is 0.581. The van der Waals surface area contributed by atoms with Gasteiger partial charge in [-0.15, -0.1) is 0 Å². The van der Waals surface area contributed by atoms with Gasteiger partial charge in [0.05, 0.1) is 23.0 Å². The highest BCUT2D eigenvalue weighted by Gasteiger charge is 2.36. The molecule has 1 saturated heterocycles. The number of rotatable bonds is 11. The smallest absolute Gasteiger partial charge is 0.253 e. The quantitative estimate of drug-likeness (QED) is 0.318. The molecule has 2 aromatic rings. The molecule has 2 fully saturated rings. The second kappa shape index (κ2) is 13.0. The maximum Gasteiger partial charge on any atom is 0.253 e. The SMILES string of the molecule is CCc1c(C(=O)NCc2c(C)cc(C)[nH]c2=O)cc(NC)c(C=[NH2+])c1N(CC)C1CCC(N2CC(OC)C2)CC1. The van der Waals surface area contributed by atoms with E-state index < -0.39 is 0 Å². The highest BCUT2D eigenvalue weighted by Crippen LogP contribution is 2.38. The van der Waals surface area contributed by atoms with Crippen molar-refractivity contribution in [3.63, 3.8) is 0 Å². The molecule has 1 aromatic carbocycles. The monoisotopic (exact) mass is 551 g/mol. The van der Waals surface area contributed by atoms with Crippen molar-refractivity contribution >= 4 is 23.5 Å². The molecule has 0 bridgehead atoms. The second-order valence-corrected chi connectivity index (χ2v) is 11.2. The average Bonchev–Trinajstić information content (AvgIpc) is 2.92. The van der Waals surface area contributed by atoms with Crippen LogP contribution in [0, 0.1) is 13.8 Å². The Kier molecular flexibility index (Phi) is 9.68. The molecule has 1 aliphatic carbocycles. The van der Waals surface area contributed by atoms with Crippen LogP contribution in [0.25, 0.3) is 0 Å². The molecular weight excluding hydrogens is 504 g/mol. The number of hydrogen-bond donors (Lipinski definition) is 4. The number of pyridine rings is 1. The van der Waals surface area contributed by atoms with Gasteiger partial charge in [0.15, 0.2) is 6.21 Å². The zero-order valence-corrected chi connectivity index (χ0v) is 25.0. The summed E-state index contributed by atoms with van der Waals surface area (Å²) in [5.41, 5.74) is 6.47. The van der Waals surface area contributed by atoms with Crippen LogP contribution in [0.4, 0.5) is 11.4 Å². The van der Waals surface area contributed by atoms with Gasteiger partial charge >= 0.3 is 0 Å². The first kappa shape index (κ1) is 29.8. The van der Waals surface area contributed by atoms with Crippen molar-refractivity contribution in [3.8, 4) is 0 Å². The van der Waals surface area contributed by atoms with Crippen molar-refractivity contribution in [2.24, 2.45) is 0 Å². The maximum absolute atomic E-state index is 13.7. The number of carbonyl (C=O) groups is 1. The van der Waals surface area contributed by atoms with E-state index in [9.17, 15) is 9.59 Å². The molecule has 0 spiro atoms. The third kappa shape index (κ3) is 5.95. The summed E-state index contributed by atoms with van der Waals surface area (Å²) in [6.07, 6.45) is 7.24. The van der Waals surface area contributed by atoms with E-state index in [0.29, 0.717) is 35.7 Å². The van der Waals surface area contributed by atoms with Gasteiger partial charge in [0.1, 0.15) is 0 Å². The number of aromatic amines is 1. The summed E-state index contributed by atoms with van der Waals surface area (Å²) in [6, 6.07) is 4.81. The number of carbonyl (C=O) groups excluding carboxylic acids is 1. The fourth-order valence-electron chi connectivity index (χ4n) is 6.61. The molecule has 2 aliphatic rings. The molecule has 0 unspecified atom stereocenters. The van der Waals surface area contributed by atoms with Crippen LogP contribution in [0.5, 0.6) is 0 Å². The number of amides is 1. The first-order valence-corrected chi connectivity index (χ1v) is 14.7. The second-order valence-electron chi connectivity index (χ2n) is 11.2. The molecule has 218 valence electrons. The van der Waals surface area contributed by atoms with Crippen LogP contribution in [-0.2, 0) is 17.7 Å². The molecule has 9 heteroatoms. The molecule has 4 rings (SSSR count). The largest absolute Gasteiger partial charge is 0.387 e. The van der Waals surface area contributed by atoms with Gasteiger partial charge in [-0.25, -0.2) is 0 Å². The molecule has 9 nitrogen and oxygen atoms in total. The minimum atomic E-state index is -0.192. The van der Waals surface area contributed by atoms with Crippen molar-refractivity contribution in [3.05, 3.63) is 56.0 Å². The van der Waals surface area contributed by atoms with Gasteiger partial charge in [0, 0.05) is 69.2 Å². The molecule has 2 heterocycles. The summed E-state index contributed by atoms with van der Waals surface area (Å²) in [5.74, 6) is -0.192. The molecule has 1 aliphatic heterocycles. The molecule has 1 saturated carbocycles. The number of hydrogen-bond acceptors (Lipinski definition) is 6. The van der Waals surface area contributed by atoms with Crippen LogP contribution in [0.15, 0.2) is 16.9 Å². The molecule has 1 amide bonds. The van der Waals surface area contributed by atoms with E-state index in [0.717, 1.165) is 79.1 Å². The number of aryl methyl sites for hydroxylation is 2. The summed E-state index contributed by atoms with van der Waals surface area (Å²) < 4.78 is 5.48. The number of methoxy groups -OCH3 is 1. The number of nitrogens with one attached hydrogen (secondary N) is 3. The number of anilines is 2. The van der Waals surface area contributed by atoms with Gasteiger partial charge in [-0.2, -0.15) is 0 Å². The van der Waals surface area contributed by atoms with Gasteiger partial charge in [0.2, 0.25) is 0 Å².